The van der Waals surface area contributed by atoms with Gasteiger partial charge in [0.25, 0.3) is 5.91 Å². The first-order valence-electron chi connectivity index (χ1n) is 10.7. The molecule has 1 saturated heterocycles. The minimum atomic E-state index is -3.67. The fraction of sp³-hybridized carbons (Fsp3) is 0.240. The maximum atomic E-state index is 13.0. The molecule has 0 spiro atoms. The van der Waals surface area contributed by atoms with Gasteiger partial charge in [0, 0.05) is 44.8 Å². The Morgan fingerprint density at radius 3 is 2.47 bits per heavy atom. The monoisotopic (exact) mass is 449 g/mol. The van der Waals surface area contributed by atoms with E-state index < -0.39 is 10.0 Å². The van der Waals surface area contributed by atoms with Gasteiger partial charge in [0.1, 0.15) is 0 Å². The molecule has 0 aliphatic carbocycles. The number of hydrogen-bond donors (Lipinski definition) is 1. The smallest absolute Gasteiger partial charge is 0.253 e. The molecular weight excluding hydrogens is 422 g/mol. The maximum Gasteiger partial charge on any atom is 0.253 e. The predicted octanol–water partition coefficient (Wildman–Crippen LogP) is 3.26. The van der Waals surface area contributed by atoms with E-state index in [9.17, 15) is 13.2 Å². The van der Waals surface area contributed by atoms with Crippen LogP contribution in [0.1, 0.15) is 15.9 Å². The summed E-state index contributed by atoms with van der Waals surface area (Å²) in [6.07, 6.45) is 1.48. The number of fused-ring (bicyclic) bond motifs is 1. The van der Waals surface area contributed by atoms with Gasteiger partial charge in [-0.3, -0.25) is 9.69 Å². The van der Waals surface area contributed by atoms with Crippen molar-refractivity contribution >= 4 is 26.7 Å². The molecule has 1 aliphatic heterocycles. The van der Waals surface area contributed by atoms with E-state index in [1.54, 1.807) is 17.0 Å². The van der Waals surface area contributed by atoms with Gasteiger partial charge in [-0.1, -0.05) is 54.6 Å². The lowest BCUT2D eigenvalue weighted by atomic mass is 10.0. The van der Waals surface area contributed by atoms with Crippen molar-refractivity contribution in [1.29, 1.82) is 0 Å². The second kappa shape index (κ2) is 9.65. The number of rotatable bonds is 7. The van der Waals surface area contributed by atoms with Crippen LogP contribution in [0.15, 0.2) is 84.3 Å². The fourth-order valence-corrected chi connectivity index (χ4v) is 5.05. The third-order valence-electron chi connectivity index (χ3n) is 5.74. The second-order valence-electron chi connectivity index (χ2n) is 7.88. The molecule has 0 bridgehead atoms. The number of nitrogens with one attached hydrogen (secondary N) is 1. The van der Waals surface area contributed by atoms with Crippen LogP contribution in [-0.2, 0) is 16.6 Å². The molecule has 3 aromatic rings. The van der Waals surface area contributed by atoms with E-state index >= 15 is 0 Å². The number of nitrogens with zero attached hydrogens (tertiary/aromatic N) is 2. The number of sulfonamides is 1. The molecule has 7 heteroatoms. The summed E-state index contributed by atoms with van der Waals surface area (Å²) in [5.74, 6) is -0.143. The summed E-state index contributed by atoms with van der Waals surface area (Å²) in [4.78, 5) is 17.2. The van der Waals surface area contributed by atoms with Crippen molar-refractivity contribution in [3.63, 3.8) is 0 Å². The molecule has 6 nitrogen and oxygen atoms in total. The Hall–Kier alpha value is -3.00. The zero-order valence-electron chi connectivity index (χ0n) is 17.9. The van der Waals surface area contributed by atoms with E-state index in [-0.39, 0.29) is 17.3 Å². The van der Waals surface area contributed by atoms with Gasteiger partial charge >= 0.3 is 0 Å². The second-order valence-corrected chi connectivity index (χ2v) is 9.64. The van der Waals surface area contributed by atoms with Crippen molar-refractivity contribution in [3.8, 4) is 0 Å². The van der Waals surface area contributed by atoms with Gasteiger partial charge in [-0.05, 0) is 34.5 Å². The van der Waals surface area contributed by atoms with Crippen LogP contribution in [0, 0.1) is 0 Å². The highest BCUT2D eigenvalue weighted by Crippen LogP contribution is 2.21. The van der Waals surface area contributed by atoms with Gasteiger partial charge in [-0.25, -0.2) is 13.1 Å². The predicted molar refractivity (Wildman–Crippen MR) is 127 cm³/mol. The Bertz CT molecular complexity index is 1230. The topological polar surface area (TPSA) is 69.7 Å². The van der Waals surface area contributed by atoms with Crippen LogP contribution in [0.25, 0.3) is 10.8 Å². The molecule has 1 amide bonds. The Morgan fingerprint density at radius 2 is 1.69 bits per heavy atom. The zero-order valence-corrected chi connectivity index (χ0v) is 18.7. The van der Waals surface area contributed by atoms with E-state index in [4.69, 9.17) is 0 Å². The van der Waals surface area contributed by atoms with Crippen molar-refractivity contribution < 1.29 is 13.2 Å². The summed E-state index contributed by atoms with van der Waals surface area (Å²) in [6.45, 7) is 7.25. The van der Waals surface area contributed by atoms with E-state index in [0.29, 0.717) is 18.7 Å². The van der Waals surface area contributed by atoms with Crippen LogP contribution in [0.4, 0.5) is 0 Å². The van der Waals surface area contributed by atoms with Crippen molar-refractivity contribution in [2.24, 2.45) is 0 Å². The molecule has 1 N–H and O–H groups in total. The molecule has 0 radical (unpaired) electrons. The summed E-state index contributed by atoms with van der Waals surface area (Å²) in [5, 5.41) is 2.49. The molecule has 1 fully saturated rings. The van der Waals surface area contributed by atoms with Crippen LogP contribution >= 0.6 is 0 Å². The number of benzene rings is 3. The van der Waals surface area contributed by atoms with Crippen LogP contribution in [0.3, 0.4) is 0 Å². The lowest BCUT2D eigenvalue weighted by Crippen LogP contribution is -2.48. The molecule has 0 atom stereocenters. The van der Waals surface area contributed by atoms with E-state index in [0.717, 1.165) is 19.6 Å². The standard InChI is InChI=1S/C25H27N3O3S/c1-2-13-26-32(30,31)23-11-6-9-21(18-23)25(29)28-16-14-27(15-17-28)19-22-10-5-8-20-7-3-4-12-24(20)22/h2-12,18,26H,1,13-17,19H2. The van der Waals surface area contributed by atoms with Gasteiger partial charge in [-0.15, -0.1) is 6.58 Å². The Kier molecular flexibility index (Phi) is 6.69. The van der Waals surface area contributed by atoms with Crippen LogP contribution in [0.5, 0.6) is 0 Å². The quantitative estimate of drug-likeness (QED) is 0.562. The van der Waals surface area contributed by atoms with Gasteiger partial charge in [0.05, 0.1) is 4.90 Å². The van der Waals surface area contributed by atoms with Crippen LogP contribution < -0.4 is 4.72 Å². The first kappa shape index (κ1) is 22.2. The summed E-state index contributed by atoms with van der Waals surface area (Å²) >= 11 is 0. The minimum absolute atomic E-state index is 0.0831. The third kappa shape index (κ3) is 4.91. The molecule has 4 rings (SSSR count). The van der Waals surface area contributed by atoms with Crippen molar-refractivity contribution in [3.05, 3.63) is 90.5 Å². The number of hydrogen-bond acceptors (Lipinski definition) is 4. The number of amides is 1. The average molecular weight is 450 g/mol. The minimum Gasteiger partial charge on any atom is -0.336 e. The molecule has 32 heavy (non-hydrogen) atoms. The Morgan fingerprint density at radius 1 is 0.969 bits per heavy atom. The summed E-state index contributed by atoms with van der Waals surface area (Å²) in [5.41, 5.74) is 1.67. The zero-order chi connectivity index (χ0) is 22.6. The molecule has 0 aromatic heterocycles. The first-order chi connectivity index (χ1) is 15.5. The summed E-state index contributed by atoms with van der Waals surface area (Å²) in [6, 6.07) is 20.9. The molecule has 1 aliphatic rings. The molecular formula is C25H27N3O3S. The van der Waals surface area contributed by atoms with Crippen molar-refractivity contribution in [2.75, 3.05) is 32.7 Å². The highest BCUT2D eigenvalue weighted by Gasteiger charge is 2.24. The van der Waals surface area contributed by atoms with E-state index in [2.05, 4.69) is 52.6 Å². The lowest BCUT2D eigenvalue weighted by Gasteiger charge is -2.35. The lowest BCUT2D eigenvalue weighted by molar-refractivity contribution is 0.0628. The van der Waals surface area contributed by atoms with Crippen molar-refractivity contribution in [2.45, 2.75) is 11.4 Å². The van der Waals surface area contributed by atoms with Gasteiger partial charge in [0.15, 0.2) is 0 Å². The van der Waals surface area contributed by atoms with Crippen molar-refractivity contribution in [1.82, 2.24) is 14.5 Å². The summed E-state index contributed by atoms with van der Waals surface area (Å²) in [7, 11) is -3.67. The van der Waals surface area contributed by atoms with E-state index in [1.807, 2.05) is 6.07 Å². The molecule has 166 valence electrons. The summed E-state index contributed by atoms with van der Waals surface area (Å²) < 4.78 is 27.2. The number of piperazine rings is 1. The van der Waals surface area contributed by atoms with Gasteiger partial charge < -0.3 is 4.90 Å². The van der Waals surface area contributed by atoms with Gasteiger partial charge in [0.2, 0.25) is 10.0 Å². The normalized spacial score (nSPS) is 15.1. The average Bonchev–Trinajstić information content (AvgIpc) is 2.83. The van der Waals surface area contributed by atoms with Crippen LogP contribution in [-0.4, -0.2) is 56.8 Å². The Labute approximate surface area is 189 Å². The van der Waals surface area contributed by atoms with Crippen LogP contribution in [0.2, 0.25) is 0 Å². The molecule has 3 aromatic carbocycles. The highest BCUT2D eigenvalue weighted by molar-refractivity contribution is 7.89. The number of carbonyl (C=O) groups excluding carboxylic acids is 1. The maximum absolute atomic E-state index is 13.0. The van der Waals surface area contributed by atoms with Gasteiger partial charge in [-0.2, -0.15) is 0 Å². The first-order valence-corrected chi connectivity index (χ1v) is 12.1. The SMILES string of the molecule is C=CCNS(=O)(=O)c1cccc(C(=O)N2CCN(Cc3cccc4ccccc34)CC2)c1. The highest BCUT2D eigenvalue weighted by atomic mass is 32.2. The largest absolute Gasteiger partial charge is 0.336 e. The number of carbonyl (C=O) groups is 1. The van der Waals surface area contributed by atoms with E-state index in [1.165, 1.54) is 34.5 Å². The molecule has 0 unspecified atom stereocenters. The molecule has 0 saturated carbocycles. The fourth-order valence-electron chi connectivity index (χ4n) is 4.01. The Balaban J connectivity index is 1.41. The third-order valence-corrected chi connectivity index (χ3v) is 7.16. The molecule has 1 heterocycles.